The number of carboxylic acids is 1. The van der Waals surface area contributed by atoms with E-state index in [0.717, 1.165) is 8.04 Å². The number of rotatable bonds is 4. The Kier molecular flexibility index (Phi) is 5.11. The summed E-state index contributed by atoms with van der Waals surface area (Å²) >= 11 is 6.61. The Bertz CT molecular complexity index is 674. The molecule has 0 fully saturated rings. The van der Waals surface area contributed by atoms with Crippen molar-refractivity contribution in [1.29, 1.82) is 0 Å². The maximum absolute atomic E-state index is 12.1. The van der Waals surface area contributed by atoms with Crippen LogP contribution in [0, 0.1) is 3.57 Å². The van der Waals surface area contributed by atoms with E-state index in [-0.39, 0.29) is 18.1 Å². The Morgan fingerprint density at radius 1 is 1.45 bits per heavy atom. The number of nitrogens with zero attached hydrogens (tertiary/aromatic N) is 1. The first-order chi connectivity index (χ1) is 9.47. The zero-order valence-corrected chi connectivity index (χ0v) is 14.5. The van der Waals surface area contributed by atoms with E-state index in [2.05, 4.69) is 48.8 Å². The van der Waals surface area contributed by atoms with Gasteiger partial charge in [-0.05, 0) is 40.8 Å². The number of benzene rings is 1. The van der Waals surface area contributed by atoms with Gasteiger partial charge in [0.05, 0.1) is 12.1 Å². The second-order valence-corrected chi connectivity index (χ2v) is 6.76. The monoisotopic (exact) mass is 466 g/mol. The van der Waals surface area contributed by atoms with Crippen molar-refractivity contribution in [2.75, 3.05) is 0 Å². The molecule has 0 aliphatic rings. The molecule has 20 heavy (non-hydrogen) atoms. The van der Waals surface area contributed by atoms with E-state index in [1.807, 2.05) is 12.1 Å². The molecule has 0 aliphatic carbocycles. The van der Waals surface area contributed by atoms with Crippen molar-refractivity contribution < 1.29 is 14.7 Å². The maximum Gasteiger partial charge on any atom is 0.355 e. The summed E-state index contributed by atoms with van der Waals surface area (Å²) in [4.78, 5) is 26.7. The highest BCUT2D eigenvalue weighted by Crippen LogP contribution is 2.18. The second kappa shape index (κ2) is 6.64. The minimum Gasteiger partial charge on any atom is -0.476 e. The van der Waals surface area contributed by atoms with Gasteiger partial charge in [0.1, 0.15) is 5.01 Å². The van der Waals surface area contributed by atoms with Crippen molar-refractivity contribution in [3.8, 4) is 0 Å². The third-order valence-electron chi connectivity index (χ3n) is 2.34. The lowest BCUT2D eigenvalue weighted by Crippen LogP contribution is -2.23. The van der Waals surface area contributed by atoms with Crippen LogP contribution in [0.15, 0.2) is 28.1 Å². The van der Waals surface area contributed by atoms with Gasteiger partial charge in [0, 0.05) is 13.4 Å². The van der Waals surface area contributed by atoms with Crippen molar-refractivity contribution in [1.82, 2.24) is 10.3 Å². The summed E-state index contributed by atoms with van der Waals surface area (Å²) in [5.41, 5.74) is 0.561. The average Bonchev–Trinajstić information content (AvgIpc) is 2.88. The van der Waals surface area contributed by atoms with E-state index in [4.69, 9.17) is 5.11 Å². The molecular weight excluding hydrogens is 459 g/mol. The highest BCUT2D eigenvalue weighted by molar-refractivity contribution is 14.1. The quantitative estimate of drug-likeness (QED) is 0.678. The molecule has 2 N–H and O–H groups in total. The summed E-state index contributed by atoms with van der Waals surface area (Å²) in [6, 6.07) is 5.44. The predicted octanol–water partition coefficient (Wildman–Crippen LogP) is 3.14. The zero-order valence-electron chi connectivity index (χ0n) is 9.89. The molecule has 0 atom stereocenters. The van der Waals surface area contributed by atoms with E-state index in [1.165, 1.54) is 16.7 Å². The Hall–Kier alpha value is -1.000. The molecule has 5 nitrogen and oxygen atoms in total. The van der Waals surface area contributed by atoms with Crippen LogP contribution >= 0.6 is 49.9 Å². The molecule has 8 heteroatoms. The lowest BCUT2D eigenvalue weighted by atomic mass is 10.2. The minimum absolute atomic E-state index is 0.00344. The van der Waals surface area contributed by atoms with E-state index in [9.17, 15) is 9.59 Å². The number of carboxylic acid groups (broad SMARTS) is 1. The summed E-state index contributed by atoms with van der Waals surface area (Å²) < 4.78 is 1.67. The number of aromatic nitrogens is 1. The summed E-state index contributed by atoms with van der Waals surface area (Å²) in [6.45, 7) is 0.208. The van der Waals surface area contributed by atoms with Crippen LogP contribution in [0.1, 0.15) is 25.9 Å². The van der Waals surface area contributed by atoms with Crippen LogP contribution in [0.5, 0.6) is 0 Å². The normalized spacial score (nSPS) is 10.3. The van der Waals surface area contributed by atoms with Crippen LogP contribution in [-0.2, 0) is 6.54 Å². The Balaban J connectivity index is 2.04. The smallest absolute Gasteiger partial charge is 0.355 e. The number of halogens is 2. The average molecular weight is 467 g/mol. The Labute approximate surface area is 140 Å². The molecule has 0 saturated heterocycles. The molecule has 0 aliphatic heterocycles. The first kappa shape index (κ1) is 15.4. The molecular formula is C12H8BrIN2O3S. The fraction of sp³-hybridized carbons (Fsp3) is 0.0833. The number of carbonyl (C=O) groups excluding carboxylic acids is 1. The number of amides is 1. The van der Waals surface area contributed by atoms with Gasteiger partial charge in [0.25, 0.3) is 5.91 Å². The molecule has 0 radical (unpaired) electrons. The number of hydrogen-bond acceptors (Lipinski definition) is 4. The molecule has 2 aromatic rings. The second-order valence-electron chi connectivity index (χ2n) is 3.74. The molecule has 0 bridgehead atoms. The molecule has 0 unspecified atom stereocenters. The number of carbonyl (C=O) groups is 2. The van der Waals surface area contributed by atoms with Crippen molar-refractivity contribution in [2.24, 2.45) is 0 Å². The third-order valence-corrected chi connectivity index (χ3v) is 4.63. The van der Waals surface area contributed by atoms with Gasteiger partial charge in [-0.15, -0.1) is 11.3 Å². The summed E-state index contributed by atoms with van der Waals surface area (Å²) in [7, 11) is 0. The van der Waals surface area contributed by atoms with Crippen molar-refractivity contribution in [3.63, 3.8) is 0 Å². The van der Waals surface area contributed by atoms with Crippen LogP contribution in [0.2, 0.25) is 0 Å². The SMILES string of the molecule is O=C(O)c1csc(CNC(=O)c2cc(Br)ccc2I)n1. The first-order valence-corrected chi connectivity index (χ1v) is 8.13. The number of hydrogen-bond donors (Lipinski definition) is 2. The molecule has 1 heterocycles. The zero-order chi connectivity index (χ0) is 14.7. The molecule has 2 rings (SSSR count). The van der Waals surface area contributed by atoms with Gasteiger partial charge in [0.2, 0.25) is 0 Å². The van der Waals surface area contributed by atoms with E-state index >= 15 is 0 Å². The fourth-order valence-electron chi connectivity index (χ4n) is 1.41. The molecule has 104 valence electrons. The van der Waals surface area contributed by atoms with Crippen molar-refractivity contribution >= 4 is 61.7 Å². The van der Waals surface area contributed by atoms with E-state index < -0.39 is 5.97 Å². The van der Waals surface area contributed by atoms with Gasteiger partial charge in [-0.2, -0.15) is 0 Å². The summed E-state index contributed by atoms with van der Waals surface area (Å²) in [5, 5.41) is 13.5. The van der Waals surface area contributed by atoms with Crippen LogP contribution in [0.3, 0.4) is 0 Å². The topological polar surface area (TPSA) is 79.3 Å². The van der Waals surface area contributed by atoms with Gasteiger partial charge in [0.15, 0.2) is 5.69 Å². The van der Waals surface area contributed by atoms with Gasteiger partial charge in [-0.3, -0.25) is 4.79 Å². The van der Waals surface area contributed by atoms with E-state index in [1.54, 1.807) is 6.07 Å². The Morgan fingerprint density at radius 2 is 2.20 bits per heavy atom. The predicted molar refractivity (Wildman–Crippen MR) is 87.1 cm³/mol. The molecule has 1 amide bonds. The Morgan fingerprint density at radius 3 is 2.85 bits per heavy atom. The highest BCUT2D eigenvalue weighted by Gasteiger charge is 2.12. The lowest BCUT2D eigenvalue weighted by Gasteiger charge is -2.06. The molecule has 1 aromatic carbocycles. The molecule has 0 spiro atoms. The van der Waals surface area contributed by atoms with Crippen LogP contribution in [-0.4, -0.2) is 22.0 Å². The van der Waals surface area contributed by atoms with Gasteiger partial charge >= 0.3 is 5.97 Å². The number of nitrogens with one attached hydrogen (secondary N) is 1. The first-order valence-electron chi connectivity index (χ1n) is 5.38. The fourth-order valence-corrected chi connectivity index (χ4v) is 3.06. The van der Waals surface area contributed by atoms with Crippen molar-refractivity contribution in [3.05, 3.63) is 47.9 Å². The lowest BCUT2D eigenvalue weighted by molar-refractivity contribution is 0.0691. The molecule has 0 saturated carbocycles. The standard InChI is InChI=1S/C12H8BrIN2O3S/c13-6-1-2-8(14)7(3-6)11(17)15-4-10-16-9(5-20-10)12(18)19/h1-3,5H,4H2,(H,15,17)(H,18,19). The van der Waals surface area contributed by atoms with E-state index in [0.29, 0.717) is 10.6 Å². The number of thiazole rings is 1. The minimum atomic E-state index is -1.07. The third kappa shape index (κ3) is 3.76. The maximum atomic E-state index is 12.1. The highest BCUT2D eigenvalue weighted by atomic mass is 127. The summed E-state index contributed by atoms with van der Waals surface area (Å²) in [5.74, 6) is -1.29. The summed E-state index contributed by atoms with van der Waals surface area (Å²) in [6.07, 6.45) is 0. The largest absolute Gasteiger partial charge is 0.476 e. The molecule has 1 aromatic heterocycles. The van der Waals surface area contributed by atoms with Gasteiger partial charge < -0.3 is 10.4 Å². The van der Waals surface area contributed by atoms with Gasteiger partial charge in [-0.1, -0.05) is 15.9 Å². The van der Waals surface area contributed by atoms with Crippen LogP contribution < -0.4 is 5.32 Å². The van der Waals surface area contributed by atoms with Crippen molar-refractivity contribution in [2.45, 2.75) is 6.54 Å². The van der Waals surface area contributed by atoms with Gasteiger partial charge in [-0.25, -0.2) is 9.78 Å². The van der Waals surface area contributed by atoms with Crippen LogP contribution in [0.25, 0.3) is 0 Å². The number of aromatic carboxylic acids is 1. The van der Waals surface area contributed by atoms with Crippen LogP contribution in [0.4, 0.5) is 0 Å².